The van der Waals surface area contributed by atoms with Gasteiger partial charge in [-0.1, -0.05) is 43.2 Å². The van der Waals surface area contributed by atoms with Gasteiger partial charge in [0.1, 0.15) is 6.04 Å². The first-order valence-corrected chi connectivity index (χ1v) is 14.4. The lowest BCUT2D eigenvalue weighted by atomic mass is 9.73. The van der Waals surface area contributed by atoms with Crippen molar-refractivity contribution in [1.82, 2.24) is 15.2 Å². The molecule has 10 heteroatoms. The van der Waals surface area contributed by atoms with Crippen LogP contribution in [0.3, 0.4) is 0 Å². The summed E-state index contributed by atoms with van der Waals surface area (Å²) in [6.45, 7) is 0.852. The van der Waals surface area contributed by atoms with E-state index < -0.39 is 12.1 Å². The molecule has 218 valence electrons. The van der Waals surface area contributed by atoms with Crippen molar-refractivity contribution in [1.29, 1.82) is 0 Å². The molecule has 2 aromatic rings. The number of methoxy groups -OCH3 is 2. The lowest BCUT2D eigenvalue weighted by Crippen LogP contribution is -2.55. The first-order chi connectivity index (χ1) is 19.9. The number of hydrogen-bond donors (Lipinski definition) is 2. The van der Waals surface area contributed by atoms with Gasteiger partial charge in [0.15, 0.2) is 11.5 Å². The van der Waals surface area contributed by atoms with Gasteiger partial charge >= 0.3 is 6.09 Å². The molecule has 2 heterocycles. The van der Waals surface area contributed by atoms with Crippen LogP contribution in [0.25, 0.3) is 0 Å². The number of rotatable bonds is 8. The van der Waals surface area contributed by atoms with Crippen molar-refractivity contribution in [2.24, 2.45) is 16.9 Å². The first kappa shape index (κ1) is 28.4. The molecule has 0 radical (unpaired) electrons. The van der Waals surface area contributed by atoms with Crippen molar-refractivity contribution < 1.29 is 29.0 Å². The number of ether oxygens (including phenoxy) is 2. The van der Waals surface area contributed by atoms with Crippen LogP contribution in [0.4, 0.5) is 4.79 Å². The van der Waals surface area contributed by atoms with Crippen LogP contribution in [0, 0.1) is 11.8 Å². The van der Waals surface area contributed by atoms with Crippen LogP contribution >= 0.6 is 0 Å². The van der Waals surface area contributed by atoms with Crippen LogP contribution in [0.5, 0.6) is 11.5 Å². The number of piperidine rings is 1. The predicted molar refractivity (Wildman–Crippen MR) is 153 cm³/mol. The molecule has 0 bridgehead atoms. The predicted octanol–water partition coefficient (Wildman–Crippen LogP) is 3.93. The molecule has 3 aliphatic rings. The van der Waals surface area contributed by atoms with Gasteiger partial charge in [0.05, 0.1) is 26.0 Å². The highest BCUT2D eigenvalue weighted by Gasteiger charge is 2.44. The number of likely N-dealkylation sites (tertiary alicyclic amines) is 1. The van der Waals surface area contributed by atoms with Crippen LogP contribution in [0.15, 0.2) is 53.6 Å². The molecule has 41 heavy (non-hydrogen) atoms. The molecular formula is C31H38N4O6. The highest BCUT2D eigenvalue weighted by atomic mass is 16.5. The number of hydrogen-bond acceptors (Lipinski definition) is 6. The Morgan fingerprint density at radius 2 is 1.66 bits per heavy atom. The molecule has 3 atom stereocenters. The molecule has 10 nitrogen and oxygen atoms in total. The second kappa shape index (κ2) is 12.6. The number of hydrazone groups is 1. The fourth-order valence-corrected chi connectivity index (χ4v) is 6.44. The van der Waals surface area contributed by atoms with Gasteiger partial charge in [0.2, 0.25) is 11.8 Å². The molecule has 2 aromatic carbocycles. The zero-order chi connectivity index (χ0) is 28.9. The Morgan fingerprint density at radius 3 is 2.32 bits per heavy atom. The van der Waals surface area contributed by atoms with E-state index in [0.29, 0.717) is 37.4 Å². The normalized spacial score (nSPS) is 21.9. The lowest BCUT2D eigenvalue weighted by molar-refractivity contribution is -0.143. The molecule has 0 aromatic heterocycles. The summed E-state index contributed by atoms with van der Waals surface area (Å²) in [6.07, 6.45) is 4.04. The zero-order valence-electron chi connectivity index (χ0n) is 23.6. The number of carbonyl (C=O) groups is 3. The van der Waals surface area contributed by atoms with E-state index in [4.69, 9.17) is 14.6 Å². The average molecular weight is 563 g/mol. The maximum absolute atomic E-state index is 13.7. The number of carboxylic acid groups (broad SMARTS) is 1. The van der Waals surface area contributed by atoms with E-state index in [0.717, 1.165) is 42.5 Å². The minimum Gasteiger partial charge on any atom is -0.493 e. The number of amides is 3. The van der Waals surface area contributed by atoms with Crippen molar-refractivity contribution in [2.45, 2.75) is 57.0 Å². The summed E-state index contributed by atoms with van der Waals surface area (Å²) in [5.41, 5.74) is 2.71. The van der Waals surface area contributed by atoms with Crippen molar-refractivity contribution in [3.05, 3.63) is 59.7 Å². The fraction of sp³-hybridized carbons (Fsp3) is 0.484. The smallest absolute Gasteiger partial charge is 0.405 e. The number of carbonyl (C=O) groups excluding carboxylic acids is 2. The second-order valence-corrected chi connectivity index (χ2v) is 11.0. The SMILES string of the molecule is COc1ccc(C2=NN(C3CCN(C(=O)[C@@H](Cc4ccccc4)NC(=O)O)CC3)C(=O)[C@@H]3CCCC[C@H]23)cc1OC. The number of benzene rings is 2. The summed E-state index contributed by atoms with van der Waals surface area (Å²) in [7, 11) is 3.21. The Labute approximate surface area is 240 Å². The Bertz CT molecular complexity index is 1290. The van der Waals surface area contributed by atoms with Crippen LogP contribution < -0.4 is 14.8 Å². The molecule has 2 aliphatic heterocycles. The van der Waals surface area contributed by atoms with Crippen molar-refractivity contribution in [2.75, 3.05) is 27.3 Å². The summed E-state index contributed by atoms with van der Waals surface area (Å²) in [5, 5.41) is 18.4. The number of nitrogens with zero attached hydrogens (tertiary/aromatic N) is 3. The third-order valence-electron chi connectivity index (χ3n) is 8.56. The summed E-state index contributed by atoms with van der Waals surface area (Å²) < 4.78 is 11.0. The highest BCUT2D eigenvalue weighted by Crippen LogP contribution is 2.40. The third kappa shape index (κ3) is 6.16. The van der Waals surface area contributed by atoms with E-state index in [1.54, 1.807) is 24.1 Å². The molecule has 1 saturated heterocycles. The van der Waals surface area contributed by atoms with Crippen LogP contribution in [-0.4, -0.2) is 78.0 Å². The quantitative estimate of drug-likeness (QED) is 0.503. The Kier molecular flexibility index (Phi) is 8.75. The van der Waals surface area contributed by atoms with E-state index in [1.165, 1.54) is 0 Å². The van der Waals surface area contributed by atoms with Gasteiger partial charge in [-0.25, -0.2) is 9.80 Å². The van der Waals surface area contributed by atoms with Crippen LogP contribution in [0.2, 0.25) is 0 Å². The van der Waals surface area contributed by atoms with Gasteiger partial charge in [-0.05, 0) is 49.4 Å². The largest absolute Gasteiger partial charge is 0.493 e. The minimum atomic E-state index is -1.23. The van der Waals surface area contributed by atoms with Gasteiger partial charge in [-0.3, -0.25) is 9.59 Å². The summed E-state index contributed by atoms with van der Waals surface area (Å²) in [6, 6.07) is 14.1. The molecular weight excluding hydrogens is 524 g/mol. The number of nitrogens with one attached hydrogen (secondary N) is 1. The van der Waals surface area contributed by atoms with Gasteiger partial charge in [-0.2, -0.15) is 5.10 Å². The third-order valence-corrected chi connectivity index (χ3v) is 8.56. The Hall–Kier alpha value is -4.08. The van der Waals surface area contributed by atoms with E-state index in [9.17, 15) is 19.5 Å². The molecule has 0 unspecified atom stereocenters. The monoisotopic (exact) mass is 562 g/mol. The maximum Gasteiger partial charge on any atom is 0.405 e. The van der Waals surface area contributed by atoms with E-state index in [-0.39, 0.29) is 36.1 Å². The summed E-state index contributed by atoms with van der Waals surface area (Å²) >= 11 is 0. The molecule has 5 rings (SSSR count). The van der Waals surface area contributed by atoms with E-state index in [1.807, 2.05) is 48.5 Å². The minimum absolute atomic E-state index is 0.0631. The summed E-state index contributed by atoms with van der Waals surface area (Å²) in [5.74, 6) is 1.03. The molecule has 2 N–H and O–H groups in total. The van der Waals surface area contributed by atoms with Crippen molar-refractivity contribution >= 4 is 23.6 Å². The Morgan fingerprint density at radius 1 is 0.976 bits per heavy atom. The average Bonchev–Trinajstić information content (AvgIpc) is 3.01. The maximum atomic E-state index is 13.7. The van der Waals surface area contributed by atoms with Crippen LogP contribution in [-0.2, 0) is 16.0 Å². The first-order valence-electron chi connectivity index (χ1n) is 14.4. The standard InChI is InChI=1S/C31H38N4O6/c1-40-26-13-12-21(19-27(26)41-2)28-23-10-6-7-11-24(23)29(36)35(33-28)22-14-16-34(17-15-22)30(37)25(32-31(38)39)18-20-8-4-3-5-9-20/h3-5,8-9,12-13,19,22-25,32H,6-7,10-11,14-18H2,1-2H3,(H,38,39)/t23-,24+,25+/m0/s1. The van der Waals surface area contributed by atoms with Crippen molar-refractivity contribution in [3.8, 4) is 11.5 Å². The molecule has 2 fully saturated rings. The van der Waals surface area contributed by atoms with Gasteiger partial charge in [0.25, 0.3) is 0 Å². The topological polar surface area (TPSA) is 121 Å². The summed E-state index contributed by atoms with van der Waals surface area (Å²) in [4.78, 5) is 40.3. The lowest BCUT2D eigenvalue weighted by Gasteiger charge is -2.43. The van der Waals surface area contributed by atoms with Gasteiger partial charge in [0, 0.05) is 36.9 Å². The molecule has 1 aliphatic carbocycles. The molecule has 3 amide bonds. The second-order valence-electron chi connectivity index (χ2n) is 11.0. The molecule has 0 spiro atoms. The molecule has 1 saturated carbocycles. The van der Waals surface area contributed by atoms with Gasteiger partial charge in [-0.15, -0.1) is 0 Å². The highest BCUT2D eigenvalue weighted by molar-refractivity contribution is 6.07. The van der Waals surface area contributed by atoms with Gasteiger partial charge < -0.3 is 24.8 Å². The van der Waals surface area contributed by atoms with E-state index in [2.05, 4.69) is 5.32 Å². The fourth-order valence-electron chi connectivity index (χ4n) is 6.44. The van der Waals surface area contributed by atoms with Crippen LogP contribution in [0.1, 0.15) is 49.7 Å². The Balaban J connectivity index is 1.34. The zero-order valence-corrected chi connectivity index (χ0v) is 23.6. The van der Waals surface area contributed by atoms with E-state index >= 15 is 0 Å². The number of fused-ring (bicyclic) bond motifs is 1. The van der Waals surface area contributed by atoms with Crippen molar-refractivity contribution in [3.63, 3.8) is 0 Å².